The first-order valence-corrected chi connectivity index (χ1v) is 8.33. The number of fused-ring (bicyclic) bond motifs is 2. The fourth-order valence-electron chi connectivity index (χ4n) is 3.33. The molecule has 0 spiro atoms. The summed E-state index contributed by atoms with van der Waals surface area (Å²) in [5, 5.41) is 20.9. The lowest BCUT2D eigenvalue weighted by Crippen LogP contribution is -2.28. The van der Waals surface area contributed by atoms with E-state index in [2.05, 4.69) is 0 Å². The summed E-state index contributed by atoms with van der Waals surface area (Å²) in [4.78, 5) is 11.6. The number of rotatable bonds is 5. The largest absolute Gasteiger partial charge is 0.488 e. The van der Waals surface area contributed by atoms with Gasteiger partial charge in [0.15, 0.2) is 0 Å². The van der Waals surface area contributed by atoms with Crippen LogP contribution in [0.3, 0.4) is 0 Å². The Kier molecular flexibility index (Phi) is 5.06. The molecule has 0 radical (unpaired) electrons. The first kappa shape index (κ1) is 17.5. The highest BCUT2D eigenvalue weighted by Gasteiger charge is 2.38. The topological polar surface area (TPSA) is 76.0 Å². The molecule has 132 valence electrons. The predicted molar refractivity (Wildman–Crippen MR) is 92.3 cm³/mol. The van der Waals surface area contributed by atoms with Gasteiger partial charge in [-0.25, -0.2) is 0 Å². The molecule has 1 heterocycles. The third-order valence-corrected chi connectivity index (χ3v) is 4.61. The van der Waals surface area contributed by atoms with E-state index in [9.17, 15) is 15.0 Å². The van der Waals surface area contributed by atoms with E-state index in [1.165, 1.54) is 7.11 Å². The van der Waals surface area contributed by atoms with E-state index < -0.39 is 5.60 Å². The van der Waals surface area contributed by atoms with Crippen LogP contribution in [0.2, 0.25) is 0 Å². The fraction of sp³-hybridized carbons (Fsp3) is 0.350. The van der Waals surface area contributed by atoms with Gasteiger partial charge in [0.25, 0.3) is 0 Å². The van der Waals surface area contributed by atoms with Crippen LogP contribution in [0, 0.1) is 0 Å². The Bertz CT molecular complexity index is 770. The molecule has 1 unspecified atom stereocenters. The van der Waals surface area contributed by atoms with Gasteiger partial charge in [0.1, 0.15) is 18.0 Å². The molecule has 0 fully saturated rings. The number of aliphatic hydroxyl groups is 2. The lowest BCUT2D eigenvalue weighted by Gasteiger charge is -2.30. The zero-order valence-electron chi connectivity index (χ0n) is 14.2. The van der Waals surface area contributed by atoms with Gasteiger partial charge in [-0.3, -0.25) is 4.79 Å². The van der Waals surface area contributed by atoms with E-state index in [1.807, 2.05) is 24.3 Å². The van der Waals surface area contributed by atoms with E-state index in [1.54, 1.807) is 18.2 Å². The van der Waals surface area contributed by atoms with Gasteiger partial charge < -0.3 is 19.7 Å². The highest BCUT2D eigenvalue weighted by molar-refractivity contribution is 5.72. The summed E-state index contributed by atoms with van der Waals surface area (Å²) in [6.07, 6.45) is 0.936. The molecule has 0 aromatic heterocycles. The number of aliphatic hydroxyl groups excluding tert-OH is 1. The Morgan fingerprint density at radius 1 is 1.24 bits per heavy atom. The molecule has 2 aromatic carbocycles. The van der Waals surface area contributed by atoms with Gasteiger partial charge in [0.05, 0.1) is 13.5 Å². The second-order valence-electron chi connectivity index (χ2n) is 6.22. The van der Waals surface area contributed by atoms with Crippen LogP contribution in [-0.4, -0.2) is 29.9 Å². The third kappa shape index (κ3) is 3.38. The van der Waals surface area contributed by atoms with Gasteiger partial charge in [-0.2, -0.15) is 0 Å². The molecule has 1 atom stereocenters. The van der Waals surface area contributed by atoms with Crippen molar-refractivity contribution in [3.8, 4) is 5.75 Å². The molecule has 5 heteroatoms. The molecule has 0 saturated heterocycles. The van der Waals surface area contributed by atoms with E-state index in [0.29, 0.717) is 30.8 Å². The zero-order chi connectivity index (χ0) is 17.9. The number of carbonyl (C=O) groups excluding carboxylic acids is 1. The Balaban J connectivity index is 2.12. The summed E-state index contributed by atoms with van der Waals surface area (Å²) >= 11 is 0. The summed E-state index contributed by atoms with van der Waals surface area (Å²) in [6.45, 7) is 0.351. The molecule has 0 aliphatic carbocycles. The smallest absolute Gasteiger partial charge is 0.309 e. The lowest BCUT2D eigenvalue weighted by atomic mass is 9.80. The molecule has 0 saturated carbocycles. The van der Waals surface area contributed by atoms with Crippen molar-refractivity contribution in [2.24, 2.45) is 0 Å². The van der Waals surface area contributed by atoms with Crippen LogP contribution < -0.4 is 4.74 Å². The van der Waals surface area contributed by atoms with E-state index in [4.69, 9.17) is 9.47 Å². The third-order valence-electron chi connectivity index (χ3n) is 4.61. The van der Waals surface area contributed by atoms with Crippen LogP contribution in [0.25, 0.3) is 0 Å². The van der Waals surface area contributed by atoms with Crippen LogP contribution >= 0.6 is 0 Å². The Labute approximate surface area is 146 Å². The second kappa shape index (κ2) is 7.25. The molecule has 0 amide bonds. The summed E-state index contributed by atoms with van der Waals surface area (Å²) in [5.74, 6) is 0.249. The molecule has 0 bridgehead atoms. The van der Waals surface area contributed by atoms with Crippen LogP contribution in [0.5, 0.6) is 5.75 Å². The normalized spacial score (nSPS) is 18.5. The van der Waals surface area contributed by atoms with E-state index in [0.717, 1.165) is 16.7 Å². The molecule has 2 N–H and O–H groups in total. The molecule has 1 aliphatic rings. The number of carbonyl (C=O) groups is 1. The van der Waals surface area contributed by atoms with Crippen molar-refractivity contribution in [1.29, 1.82) is 0 Å². The minimum Gasteiger partial charge on any atom is -0.488 e. The van der Waals surface area contributed by atoms with E-state index in [-0.39, 0.29) is 19.0 Å². The first-order chi connectivity index (χ1) is 12.1. The van der Waals surface area contributed by atoms with Gasteiger partial charge in [-0.1, -0.05) is 30.3 Å². The molecule has 2 aromatic rings. The molecular formula is C20H22O5. The Hall–Kier alpha value is -2.37. The number of methoxy groups -OCH3 is 1. The van der Waals surface area contributed by atoms with Gasteiger partial charge in [0, 0.05) is 12.2 Å². The molecular weight excluding hydrogens is 320 g/mol. The summed E-state index contributed by atoms with van der Waals surface area (Å²) in [5.41, 5.74) is 1.77. The van der Waals surface area contributed by atoms with Crippen LogP contribution in [0.1, 0.15) is 35.1 Å². The highest BCUT2D eigenvalue weighted by Crippen LogP contribution is 2.43. The maximum atomic E-state index is 11.6. The number of hydrogen-bond donors (Lipinski definition) is 2. The maximum Gasteiger partial charge on any atom is 0.309 e. The molecule has 5 nitrogen and oxygen atoms in total. The minimum absolute atomic E-state index is 0.0114. The molecule has 3 rings (SSSR count). The highest BCUT2D eigenvalue weighted by atomic mass is 16.5. The Morgan fingerprint density at radius 3 is 2.80 bits per heavy atom. The number of esters is 1. The van der Waals surface area contributed by atoms with Gasteiger partial charge in [0.2, 0.25) is 0 Å². The fourth-order valence-corrected chi connectivity index (χ4v) is 3.33. The first-order valence-electron chi connectivity index (χ1n) is 8.33. The second-order valence-corrected chi connectivity index (χ2v) is 6.22. The van der Waals surface area contributed by atoms with Crippen molar-refractivity contribution in [2.45, 2.75) is 31.5 Å². The SMILES string of the molecule is COC(=O)Cc1ccc2c(c1)C(O)(CCCO)c1ccccc1CO2. The Morgan fingerprint density at radius 2 is 2.04 bits per heavy atom. The standard InChI is InChI=1S/C20H22O5/c1-24-19(22)12-14-7-8-18-17(11-14)20(23,9-4-10-21)16-6-3-2-5-15(16)13-25-18/h2-3,5-8,11,21,23H,4,9-10,12-13H2,1H3. The number of benzene rings is 2. The molecule has 25 heavy (non-hydrogen) atoms. The zero-order valence-corrected chi connectivity index (χ0v) is 14.2. The van der Waals surface area contributed by atoms with Crippen molar-refractivity contribution >= 4 is 5.97 Å². The average Bonchev–Trinajstić information content (AvgIpc) is 2.76. The predicted octanol–water partition coefficient (Wildman–Crippen LogP) is 2.30. The number of hydrogen-bond acceptors (Lipinski definition) is 5. The minimum atomic E-state index is -1.28. The summed E-state index contributed by atoms with van der Waals surface area (Å²) in [7, 11) is 1.35. The van der Waals surface area contributed by atoms with Crippen molar-refractivity contribution in [1.82, 2.24) is 0 Å². The summed E-state index contributed by atoms with van der Waals surface area (Å²) in [6, 6.07) is 13.0. The quantitative estimate of drug-likeness (QED) is 0.816. The van der Waals surface area contributed by atoms with Crippen molar-refractivity contribution in [2.75, 3.05) is 13.7 Å². The maximum absolute atomic E-state index is 11.6. The van der Waals surface area contributed by atoms with Crippen molar-refractivity contribution in [3.63, 3.8) is 0 Å². The van der Waals surface area contributed by atoms with Gasteiger partial charge in [-0.05, 0) is 41.7 Å². The summed E-state index contributed by atoms with van der Waals surface area (Å²) < 4.78 is 10.6. The van der Waals surface area contributed by atoms with Gasteiger partial charge >= 0.3 is 5.97 Å². The van der Waals surface area contributed by atoms with Crippen LogP contribution in [-0.2, 0) is 28.2 Å². The average molecular weight is 342 g/mol. The monoisotopic (exact) mass is 342 g/mol. The van der Waals surface area contributed by atoms with Crippen molar-refractivity contribution in [3.05, 3.63) is 64.7 Å². The number of ether oxygens (including phenoxy) is 2. The van der Waals surface area contributed by atoms with E-state index >= 15 is 0 Å². The van der Waals surface area contributed by atoms with Crippen LogP contribution in [0.15, 0.2) is 42.5 Å². The van der Waals surface area contributed by atoms with Crippen molar-refractivity contribution < 1.29 is 24.5 Å². The van der Waals surface area contributed by atoms with Crippen LogP contribution in [0.4, 0.5) is 0 Å². The lowest BCUT2D eigenvalue weighted by molar-refractivity contribution is -0.139. The molecule has 1 aliphatic heterocycles. The van der Waals surface area contributed by atoms with Gasteiger partial charge in [-0.15, -0.1) is 0 Å².